The van der Waals surface area contributed by atoms with Crippen molar-refractivity contribution in [2.24, 2.45) is 7.05 Å². The molecular formula is C13H20N6. The monoisotopic (exact) mass is 260 g/mol. The van der Waals surface area contributed by atoms with E-state index in [9.17, 15) is 0 Å². The van der Waals surface area contributed by atoms with Gasteiger partial charge >= 0.3 is 0 Å². The summed E-state index contributed by atoms with van der Waals surface area (Å²) in [6.07, 6.45) is 4.20. The smallest absolute Gasteiger partial charge is 0.172 e. The third-order valence-corrected chi connectivity index (χ3v) is 4.05. The first kappa shape index (κ1) is 12.3. The van der Waals surface area contributed by atoms with Crippen molar-refractivity contribution < 1.29 is 0 Å². The Labute approximate surface area is 112 Å². The number of nitrogens with zero attached hydrogens (tertiary/aromatic N) is 5. The van der Waals surface area contributed by atoms with Gasteiger partial charge in [-0.2, -0.15) is 10.2 Å². The molecule has 0 saturated carbocycles. The van der Waals surface area contributed by atoms with Crippen molar-refractivity contribution in [2.45, 2.75) is 25.7 Å². The highest BCUT2D eigenvalue weighted by molar-refractivity contribution is 5.89. The van der Waals surface area contributed by atoms with Crippen LogP contribution in [0.1, 0.15) is 31.4 Å². The van der Waals surface area contributed by atoms with Crippen LogP contribution >= 0.6 is 0 Å². The fourth-order valence-electron chi connectivity index (χ4n) is 3.06. The zero-order valence-corrected chi connectivity index (χ0v) is 11.5. The molecule has 0 bridgehead atoms. The molecule has 1 atom stereocenters. The fraction of sp³-hybridized carbons (Fsp3) is 0.615. The molecule has 2 aromatic rings. The van der Waals surface area contributed by atoms with Crippen LogP contribution in [0.4, 0.5) is 5.82 Å². The SMILES string of the molecule is CCN1CCC[C@@H](c2nn(C)c3c(N)nncc23)C1. The molecule has 0 unspecified atom stereocenters. The molecule has 0 amide bonds. The summed E-state index contributed by atoms with van der Waals surface area (Å²) in [4.78, 5) is 2.48. The number of aromatic nitrogens is 4. The standard InChI is InChI=1S/C13H20N6/c1-3-19-6-4-5-9(8-19)11-10-7-15-16-13(14)12(10)18(2)17-11/h7,9H,3-6,8H2,1-2H3,(H2,14,16)/t9-/m1/s1. The molecule has 102 valence electrons. The quantitative estimate of drug-likeness (QED) is 0.876. The van der Waals surface area contributed by atoms with Gasteiger partial charge in [0, 0.05) is 24.9 Å². The second kappa shape index (κ2) is 4.77. The van der Waals surface area contributed by atoms with Gasteiger partial charge in [-0.3, -0.25) is 4.68 Å². The third kappa shape index (κ3) is 2.06. The van der Waals surface area contributed by atoms with Gasteiger partial charge in [0.15, 0.2) is 5.82 Å². The van der Waals surface area contributed by atoms with Crippen LogP contribution in [-0.4, -0.2) is 44.5 Å². The van der Waals surface area contributed by atoms with Crippen LogP contribution in [0.5, 0.6) is 0 Å². The average molecular weight is 260 g/mol. The summed E-state index contributed by atoms with van der Waals surface area (Å²) in [5, 5.41) is 13.6. The Hall–Kier alpha value is -1.69. The van der Waals surface area contributed by atoms with Crippen molar-refractivity contribution in [1.82, 2.24) is 24.9 Å². The minimum Gasteiger partial charge on any atom is -0.380 e. The van der Waals surface area contributed by atoms with Crippen molar-refractivity contribution in [3.8, 4) is 0 Å². The normalized spacial score (nSPS) is 21.1. The van der Waals surface area contributed by atoms with E-state index < -0.39 is 0 Å². The maximum absolute atomic E-state index is 5.91. The summed E-state index contributed by atoms with van der Waals surface area (Å²) in [6.45, 7) is 5.58. The molecule has 1 fully saturated rings. The Balaban J connectivity index is 2.03. The predicted octanol–water partition coefficient (Wildman–Crippen LogP) is 1.14. The van der Waals surface area contributed by atoms with Crippen LogP contribution < -0.4 is 5.73 Å². The highest BCUT2D eigenvalue weighted by Crippen LogP contribution is 2.31. The molecule has 19 heavy (non-hydrogen) atoms. The van der Waals surface area contributed by atoms with E-state index in [1.54, 1.807) is 6.20 Å². The lowest BCUT2D eigenvalue weighted by Crippen LogP contribution is -2.34. The van der Waals surface area contributed by atoms with E-state index in [1.165, 1.54) is 19.4 Å². The van der Waals surface area contributed by atoms with E-state index in [0.29, 0.717) is 11.7 Å². The zero-order valence-electron chi connectivity index (χ0n) is 11.5. The van der Waals surface area contributed by atoms with Crippen molar-refractivity contribution in [3.05, 3.63) is 11.9 Å². The Morgan fingerprint density at radius 3 is 3.11 bits per heavy atom. The van der Waals surface area contributed by atoms with E-state index in [1.807, 2.05) is 11.7 Å². The van der Waals surface area contributed by atoms with Crippen LogP contribution in [0, 0.1) is 0 Å². The maximum Gasteiger partial charge on any atom is 0.172 e. The number of nitrogens with two attached hydrogens (primary N) is 1. The zero-order chi connectivity index (χ0) is 13.4. The van der Waals surface area contributed by atoms with Crippen molar-refractivity contribution >= 4 is 16.7 Å². The van der Waals surface area contributed by atoms with Crippen LogP contribution in [0.15, 0.2) is 6.20 Å². The number of anilines is 1. The van der Waals surface area contributed by atoms with Crippen molar-refractivity contribution in [3.63, 3.8) is 0 Å². The van der Waals surface area contributed by atoms with Crippen molar-refractivity contribution in [1.29, 1.82) is 0 Å². The first-order valence-corrected chi connectivity index (χ1v) is 6.86. The number of nitrogen functional groups attached to an aromatic ring is 1. The second-order valence-electron chi connectivity index (χ2n) is 5.23. The molecule has 1 aliphatic rings. The number of rotatable bonds is 2. The van der Waals surface area contributed by atoms with Gasteiger partial charge in [-0.05, 0) is 25.9 Å². The number of likely N-dealkylation sites (tertiary alicyclic amines) is 1. The molecule has 0 spiro atoms. The number of hydrogen-bond acceptors (Lipinski definition) is 5. The maximum atomic E-state index is 5.91. The van der Waals surface area contributed by atoms with Gasteiger partial charge in [0.1, 0.15) is 5.52 Å². The Kier molecular flexibility index (Phi) is 3.10. The van der Waals surface area contributed by atoms with Crippen LogP contribution in [0.3, 0.4) is 0 Å². The Bertz CT molecular complexity index is 590. The van der Waals surface area contributed by atoms with Gasteiger partial charge in [-0.1, -0.05) is 6.92 Å². The highest BCUT2D eigenvalue weighted by Gasteiger charge is 2.25. The summed E-state index contributed by atoms with van der Waals surface area (Å²) < 4.78 is 1.83. The molecule has 3 rings (SSSR count). The summed E-state index contributed by atoms with van der Waals surface area (Å²) in [6, 6.07) is 0. The predicted molar refractivity (Wildman–Crippen MR) is 74.8 cm³/mol. The van der Waals surface area contributed by atoms with E-state index >= 15 is 0 Å². The van der Waals surface area contributed by atoms with Crippen LogP contribution in [-0.2, 0) is 7.05 Å². The van der Waals surface area contributed by atoms with E-state index in [0.717, 1.165) is 29.7 Å². The summed E-state index contributed by atoms with van der Waals surface area (Å²) >= 11 is 0. The van der Waals surface area contributed by atoms with Gasteiger partial charge in [0.2, 0.25) is 0 Å². The Morgan fingerprint density at radius 2 is 2.32 bits per heavy atom. The van der Waals surface area contributed by atoms with E-state index in [-0.39, 0.29) is 0 Å². The molecular weight excluding hydrogens is 240 g/mol. The lowest BCUT2D eigenvalue weighted by atomic mass is 9.93. The minimum absolute atomic E-state index is 0.460. The summed E-state index contributed by atoms with van der Waals surface area (Å²) in [5.41, 5.74) is 7.93. The molecule has 1 aliphatic heterocycles. The molecule has 0 aliphatic carbocycles. The van der Waals surface area contributed by atoms with Gasteiger partial charge in [0.25, 0.3) is 0 Å². The second-order valence-corrected chi connectivity index (χ2v) is 5.23. The highest BCUT2D eigenvalue weighted by atomic mass is 15.3. The largest absolute Gasteiger partial charge is 0.380 e. The molecule has 2 aromatic heterocycles. The van der Waals surface area contributed by atoms with E-state index in [2.05, 4.69) is 27.1 Å². The lowest BCUT2D eigenvalue weighted by Gasteiger charge is -2.31. The number of aryl methyl sites for hydroxylation is 1. The molecule has 0 aromatic carbocycles. The van der Waals surface area contributed by atoms with Crippen LogP contribution in [0.25, 0.3) is 10.9 Å². The number of fused-ring (bicyclic) bond motifs is 1. The van der Waals surface area contributed by atoms with Crippen LogP contribution in [0.2, 0.25) is 0 Å². The molecule has 2 N–H and O–H groups in total. The lowest BCUT2D eigenvalue weighted by molar-refractivity contribution is 0.216. The molecule has 3 heterocycles. The van der Waals surface area contributed by atoms with Gasteiger partial charge in [-0.15, -0.1) is 5.10 Å². The third-order valence-electron chi connectivity index (χ3n) is 4.05. The molecule has 6 nitrogen and oxygen atoms in total. The first-order chi connectivity index (χ1) is 9.20. The minimum atomic E-state index is 0.460. The van der Waals surface area contributed by atoms with Gasteiger partial charge < -0.3 is 10.6 Å². The number of likely N-dealkylation sites (N-methyl/N-ethyl adjacent to an activating group) is 1. The summed E-state index contributed by atoms with van der Waals surface area (Å²) in [7, 11) is 1.92. The van der Waals surface area contributed by atoms with Gasteiger partial charge in [0.05, 0.1) is 11.9 Å². The topological polar surface area (TPSA) is 72.9 Å². The molecule has 0 radical (unpaired) electrons. The van der Waals surface area contributed by atoms with Gasteiger partial charge in [-0.25, -0.2) is 0 Å². The fourth-order valence-corrected chi connectivity index (χ4v) is 3.06. The molecule has 1 saturated heterocycles. The summed E-state index contributed by atoms with van der Waals surface area (Å²) in [5.74, 6) is 0.933. The Morgan fingerprint density at radius 1 is 1.47 bits per heavy atom. The first-order valence-electron chi connectivity index (χ1n) is 6.86. The van der Waals surface area contributed by atoms with Crippen molar-refractivity contribution in [2.75, 3.05) is 25.4 Å². The average Bonchev–Trinajstić information content (AvgIpc) is 2.78. The molecule has 6 heteroatoms. The van der Waals surface area contributed by atoms with E-state index in [4.69, 9.17) is 5.73 Å². The number of hydrogen-bond donors (Lipinski definition) is 1. The number of piperidine rings is 1.